The number of benzene rings is 2. The molecule has 4 aromatic rings. The summed E-state index contributed by atoms with van der Waals surface area (Å²) in [4.78, 5) is 7.98. The Labute approximate surface area is 169 Å². The minimum atomic E-state index is -0.217. The number of piperazine rings is 1. The summed E-state index contributed by atoms with van der Waals surface area (Å²) in [5, 5.41) is 1.18. The van der Waals surface area contributed by atoms with Gasteiger partial charge in [-0.2, -0.15) is 0 Å². The molecular weight excluding hydrogens is 365 g/mol. The van der Waals surface area contributed by atoms with Gasteiger partial charge in [0.1, 0.15) is 11.6 Å². The number of aromatic amines is 1. The molecule has 29 heavy (non-hydrogen) atoms. The van der Waals surface area contributed by atoms with Gasteiger partial charge in [0.25, 0.3) is 0 Å². The van der Waals surface area contributed by atoms with Crippen LogP contribution in [0.15, 0.2) is 71.5 Å². The highest BCUT2D eigenvalue weighted by atomic mass is 19.1. The highest BCUT2D eigenvalue weighted by molar-refractivity contribution is 5.84. The third-order valence-corrected chi connectivity index (χ3v) is 5.86. The minimum absolute atomic E-state index is 0.0194. The number of H-pyrrole nitrogens is 1. The fourth-order valence-electron chi connectivity index (χ4n) is 4.16. The molecule has 1 saturated heterocycles. The second-order valence-corrected chi connectivity index (χ2v) is 7.81. The van der Waals surface area contributed by atoms with Crippen LogP contribution in [-0.4, -0.2) is 48.0 Å². The van der Waals surface area contributed by atoms with Crippen LogP contribution in [0.4, 0.5) is 4.39 Å². The summed E-state index contributed by atoms with van der Waals surface area (Å²) in [6.45, 7) is 3.92. The maximum absolute atomic E-state index is 13.5. The summed E-state index contributed by atoms with van der Waals surface area (Å²) in [7, 11) is 2.15. The predicted molar refractivity (Wildman–Crippen MR) is 113 cm³/mol. The molecular formula is C24H24FN3O. The lowest BCUT2D eigenvalue weighted by Crippen LogP contribution is -2.46. The first-order valence-corrected chi connectivity index (χ1v) is 10.0. The van der Waals surface area contributed by atoms with Gasteiger partial charge in [0, 0.05) is 43.5 Å². The van der Waals surface area contributed by atoms with Crippen LogP contribution in [0.1, 0.15) is 17.4 Å². The Morgan fingerprint density at radius 1 is 0.931 bits per heavy atom. The molecule has 0 saturated carbocycles. The van der Waals surface area contributed by atoms with Crippen LogP contribution in [0.25, 0.3) is 22.0 Å². The number of likely N-dealkylation sites (N-methyl/N-ethyl adjacent to an activating group) is 1. The number of fused-ring (bicyclic) bond motifs is 1. The molecule has 1 aliphatic rings. The Morgan fingerprint density at radius 3 is 2.52 bits per heavy atom. The fourth-order valence-corrected chi connectivity index (χ4v) is 4.16. The van der Waals surface area contributed by atoms with Crippen molar-refractivity contribution in [2.75, 3.05) is 33.2 Å². The molecule has 1 atom stereocenters. The van der Waals surface area contributed by atoms with Crippen LogP contribution in [0.5, 0.6) is 0 Å². The molecule has 5 heteroatoms. The zero-order chi connectivity index (χ0) is 19.8. The van der Waals surface area contributed by atoms with Crippen LogP contribution >= 0.6 is 0 Å². The quantitative estimate of drug-likeness (QED) is 0.539. The Morgan fingerprint density at radius 2 is 1.72 bits per heavy atom. The van der Waals surface area contributed by atoms with Gasteiger partial charge in [-0.3, -0.25) is 4.90 Å². The standard InChI is InChI=1S/C24H24FN3O/c1-27-10-12-28(13-11-27)24(17-2-5-21(25)6-3-17)23-15-20(16-29-23)18-4-7-22-19(14-18)8-9-26-22/h2-9,14-16,24,26H,10-13H2,1H3. The third kappa shape index (κ3) is 3.59. The summed E-state index contributed by atoms with van der Waals surface area (Å²) in [5.74, 6) is 0.677. The molecule has 1 aliphatic heterocycles. The van der Waals surface area contributed by atoms with E-state index in [0.29, 0.717) is 0 Å². The van der Waals surface area contributed by atoms with Crippen molar-refractivity contribution in [3.8, 4) is 11.1 Å². The lowest BCUT2D eigenvalue weighted by atomic mass is 10.00. The molecule has 1 fully saturated rings. The number of furan rings is 1. The van der Waals surface area contributed by atoms with Crippen molar-refractivity contribution in [2.24, 2.45) is 0 Å². The summed E-state index contributed by atoms with van der Waals surface area (Å²) in [6.07, 6.45) is 3.78. The monoisotopic (exact) mass is 389 g/mol. The fraction of sp³-hybridized carbons (Fsp3) is 0.250. The van der Waals surface area contributed by atoms with Crippen molar-refractivity contribution >= 4 is 10.9 Å². The molecule has 0 bridgehead atoms. The first-order valence-electron chi connectivity index (χ1n) is 10.0. The number of aromatic nitrogens is 1. The third-order valence-electron chi connectivity index (χ3n) is 5.86. The van der Waals surface area contributed by atoms with Gasteiger partial charge in [0.05, 0.1) is 12.3 Å². The molecule has 2 aromatic heterocycles. The number of nitrogens with one attached hydrogen (secondary N) is 1. The molecule has 5 rings (SSSR count). The first kappa shape index (κ1) is 18.2. The van der Waals surface area contributed by atoms with Gasteiger partial charge in [-0.1, -0.05) is 18.2 Å². The summed E-state index contributed by atoms with van der Waals surface area (Å²) >= 11 is 0. The summed E-state index contributed by atoms with van der Waals surface area (Å²) in [6, 6.07) is 17.3. The molecule has 0 aliphatic carbocycles. The van der Waals surface area contributed by atoms with Gasteiger partial charge in [-0.05, 0) is 60.0 Å². The number of hydrogen-bond donors (Lipinski definition) is 1. The maximum Gasteiger partial charge on any atom is 0.126 e. The van der Waals surface area contributed by atoms with E-state index in [9.17, 15) is 4.39 Å². The Balaban J connectivity index is 1.51. The molecule has 148 valence electrons. The van der Waals surface area contributed by atoms with Crippen LogP contribution in [0.3, 0.4) is 0 Å². The van der Waals surface area contributed by atoms with Crippen molar-refractivity contribution in [1.29, 1.82) is 0 Å². The van der Waals surface area contributed by atoms with E-state index < -0.39 is 0 Å². The van der Waals surface area contributed by atoms with E-state index in [2.05, 4.69) is 52.2 Å². The van der Waals surface area contributed by atoms with Gasteiger partial charge < -0.3 is 14.3 Å². The second-order valence-electron chi connectivity index (χ2n) is 7.81. The van der Waals surface area contributed by atoms with Gasteiger partial charge in [0.15, 0.2) is 0 Å². The van der Waals surface area contributed by atoms with Crippen molar-refractivity contribution in [3.05, 3.63) is 84.2 Å². The topological polar surface area (TPSA) is 35.4 Å². The molecule has 3 heterocycles. The van der Waals surface area contributed by atoms with Crippen molar-refractivity contribution in [2.45, 2.75) is 6.04 Å². The van der Waals surface area contributed by atoms with Crippen LogP contribution < -0.4 is 0 Å². The van der Waals surface area contributed by atoms with Gasteiger partial charge in [-0.25, -0.2) is 4.39 Å². The molecule has 4 nitrogen and oxygen atoms in total. The minimum Gasteiger partial charge on any atom is -0.467 e. The average molecular weight is 389 g/mol. The van der Waals surface area contributed by atoms with Crippen molar-refractivity contribution in [3.63, 3.8) is 0 Å². The van der Waals surface area contributed by atoms with Crippen LogP contribution in [0.2, 0.25) is 0 Å². The van der Waals surface area contributed by atoms with Crippen molar-refractivity contribution < 1.29 is 8.81 Å². The molecule has 1 N–H and O–H groups in total. The van der Waals surface area contributed by atoms with E-state index in [1.165, 1.54) is 17.5 Å². The smallest absolute Gasteiger partial charge is 0.126 e. The predicted octanol–water partition coefficient (Wildman–Crippen LogP) is 4.90. The molecule has 0 radical (unpaired) electrons. The molecule has 1 unspecified atom stereocenters. The second kappa shape index (κ2) is 7.50. The summed E-state index contributed by atoms with van der Waals surface area (Å²) < 4.78 is 19.6. The zero-order valence-electron chi connectivity index (χ0n) is 16.4. The number of nitrogens with zero attached hydrogens (tertiary/aromatic N) is 2. The van der Waals surface area contributed by atoms with Crippen molar-refractivity contribution in [1.82, 2.24) is 14.8 Å². The largest absolute Gasteiger partial charge is 0.467 e. The molecule has 2 aromatic carbocycles. The number of rotatable bonds is 4. The Bertz CT molecular complexity index is 1110. The van der Waals surface area contributed by atoms with Gasteiger partial charge in [0.2, 0.25) is 0 Å². The molecule has 0 amide bonds. The lowest BCUT2D eigenvalue weighted by Gasteiger charge is -2.37. The van der Waals surface area contributed by atoms with Gasteiger partial charge in [-0.15, -0.1) is 0 Å². The number of halogens is 1. The Hall–Kier alpha value is -2.89. The molecule has 0 spiro atoms. The lowest BCUT2D eigenvalue weighted by molar-refractivity contribution is 0.117. The highest BCUT2D eigenvalue weighted by Crippen LogP contribution is 2.34. The summed E-state index contributed by atoms with van der Waals surface area (Å²) in [5.41, 5.74) is 4.37. The zero-order valence-corrected chi connectivity index (χ0v) is 16.4. The first-order chi connectivity index (χ1) is 14.2. The van der Waals surface area contributed by atoms with E-state index >= 15 is 0 Å². The SMILES string of the molecule is CN1CCN(C(c2ccc(F)cc2)c2cc(-c3ccc4[nH]ccc4c3)co2)CC1. The van der Waals surface area contributed by atoms with Crippen LogP contribution in [0, 0.1) is 5.82 Å². The van der Waals surface area contributed by atoms with E-state index in [1.807, 2.05) is 24.6 Å². The van der Waals surface area contributed by atoms with E-state index in [1.54, 1.807) is 0 Å². The Kier molecular flexibility index (Phi) is 4.70. The highest BCUT2D eigenvalue weighted by Gasteiger charge is 2.28. The number of hydrogen-bond acceptors (Lipinski definition) is 3. The maximum atomic E-state index is 13.5. The van der Waals surface area contributed by atoms with Crippen LogP contribution in [-0.2, 0) is 0 Å². The average Bonchev–Trinajstić information content (AvgIpc) is 3.40. The van der Waals surface area contributed by atoms with E-state index in [0.717, 1.165) is 54.1 Å². The van der Waals surface area contributed by atoms with E-state index in [4.69, 9.17) is 4.42 Å². The van der Waals surface area contributed by atoms with E-state index in [-0.39, 0.29) is 11.9 Å². The van der Waals surface area contributed by atoms with Gasteiger partial charge >= 0.3 is 0 Å². The normalized spacial score (nSPS) is 17.0.